The highest BCUT2D eigenvalue weighted by molar-refractivity contribution is 5.88. The zero-order valence-electron chi connectivity index (χ0n) is 13.4. The number of nitrogens with one attached hydrogen (secondary N) is 1. The Morgan fingerprint density at radius 3 is 2.61 bits per heavy atom. The molecule has 0 saturated carbocycles. The molecule has 116 valence electrons. The first-order valence-corrected chi connectivity index (χ1v) is 7.40. The Morgan fingerprint density at radius 2 is 1.91 bits per heavy atom. The Kier molecular flexibility index (Phi) is 3.93. The molecule has 5 heteroatoms. The van der Waals surface area contributed by atoms with Crippen LogP contribution in [-0.4, -0.2) is 22.6 Å². The third-order valence-electron chi connectivity index (χ3n) is 3.70. The number of nitrogens with zero attached hydrogens (tertiary/aromatic N) is 3. The van der Waals surface area contributed by atoms with Gasteiger partial charge in [0.1, 0.15) is 17.0 Å². The molecule has 0 bridgehead atoms. The van der Waals surface area contributed by atoms with Crippen molar-refractivity contribution in [2.24, 2.45) is 4.99 Å². The number of fused-ring (bicyclic) bond motifs is 1. The lowest BCUT2D eigenvalue weighted by Gasteiger charge is -2.08. The van der Waals surface area contributed by atoms with Crippen LogP contribution in [0.3, 0.4) is 0 Å². The minimum Gasteiger partial charge on any atom is -0.372 e. The van der Waals surface area contributed by atoms with Crippen LogP contribution < -0.4 is 10.9 Å². The van der Waals surface area contributed by atoms with Crippen LogP contribution in [-0.2, 0) is 0 Å². The van der Waals surface area contributed by atoms with Gasteiger partial charge in [-0.2, -0.15) is 0 Å². The van der Waals surface area contributed by atoms with Crippen molar-refractivity contribution in [3.8, 4) is 0 Å². The van der Waals surface area contributed by atoms with Gasteiger partial charge in [-0.3, -0.25) is 14.2 Å². The molecule has 0 aliphatic carbocycles. The highest BCUT2D eigenvalue weighted by atomic mass is 16.1. The van der Waals surface area contributed by atoms with Gasteiger partial charge in [-0.15, -0.1) is 0 Å². The van der Waals surface area contributed by atoms with Crippen molar-refractivity contribution in [3.05, 3.63) is 69.6 Å². The Balaban J connectivity index is 2.15. The van der Waals surface area contributed by atoms with Crippen molar-refractivity contribution in [3.63, 3.8) is 0 Å². The van der Waals surface area contributed by atoms with E-state index in [1.165, 1.54) is 5.56 Å². The average molecular weight is 306 g/mol. The van der Waals surface area contributed by atoms with Gasteiger partial charge >= 0.3 is 0 Å². The molecular weight excluding hydrogens is 288 g/mol. The molecule has 0 atom stereocenters. The van der Waals surface area contributed by atoms with Crippen LogP contribution in [0, 0.1) is 13.8 Å². The quantitative estimate of drug-likeness (QED) is 0.756. The van der Waals surface area contributed by atoms with Crippen molar-refractivity contribution in [2.45, 2.75) is 13.8 Å². The first-order chi connectivity index (χ1) is 11.1. The van der Waals surface area contributed by atoms with Crippen molar-refractivity contribution in [1.29, 1.82) is 0 Å². The first-order valence-electron chi connectivity index (χ1n) is 7.40. The molecule has 0 radical (unpaired) electrons. The van der Waals surface area contributed by atoms with Crippen LogP contribution in [0.5, 0.6) is 0 Å². The number of anilines is 1. The molecule has 0 unspecified atom stereocenters. The van der Waals surface area contributed by atoms with Crippen molar-refractivity contribution < 1.29 is 0 Å². The number of hydrogen-bond acceptors (Lipinski definition) is 4. The fourth-order valence-corrected chi connectivity index (χ4v) is 2.39. The predicted molar refractivity (Wildman–Crippen MR) is 94.2 cm³/mol. The lowest BCUT2D eigenvalue weighted by Crippen LogP contribution is -2.22. The number of aromatic nitrogens is 2. The maximum atomic E-state index is 12.7. The molecule has 0 saturated heterocycles. The lowest BCUT2D eigenvalue weighted by molar-refractivity contribution is 1.03. The summed E-state index contributed by atoms with van der Waals surface area (Å²) >= 11 is 0. The standard InChI is InChI=1S/C18H18N4O/c1-12-6-8-14(9-7-12)20-11-15-16(19-3)21-17-13(2)5-4-10-22(17)18(15)23/h4-11,19H,1-3H3. The number of benzene rings is 1. The second-order valence-electron chi connectivity index (χ2n) is 5.41. The summed E-state index contributed by atoms with van der Waals surface area (Å²) in [6, 6.07) is 11.6. The van der Waals surface area contributed by atoms with Crippen molar-refractivity contribution >= 4 is 23.4 Å². The fourth-order valence-electron chi connectivity index (χ4n) is 2.39. The Morgan fingerprint density at radius 1 is 1.17 bits per heavy atom. The molecular formula is C18H18N4O. The monoisotopic (exact) mass is 306 g/mol. The Hall–Kier alpha value is -2.95. The summed E-state index contributed by atoms with van der Waals surface area (Å²) in [4.78, 5) is 21.7. The average Bonchev–Trinajstić information content (AvgIpc) is 2.56. The molecule has 0 fully saturated rings. The molecule has 0 amide bonds. The topological polar surface area (TPSA) is 58.8 Å². The Bertz CT molecular complexity index is 940. The van der Waals surface area contributed by atoms with E-state index < -0.39 is 0 Å². The molecule has 1 N–H and O–H groups in total. The van der Waals surface area contributed by atoms with Crippen LogP contribution in [0.25, 0.3) is 5.65 Å². The van der Waals surface area contributed by atoms with E-state index in [1.807, 2.05) is 50.2 Å². The SMILES string of the molecule is CNc1nc2c(C)cccn2c(=O)c1C=Nc1ccc(C)cc1. The highest BCUT2D eigenvalue weighted by Gasteiger charge is 2.11. The van der Waals surface area contributed by atoms with Gasteiger partial charge in [0, 0.05) is 19.5 Å². The maximum Gasteiger partial charge on any atom is 0.268 e. The minimum atomic E-state index is -0.140. The van der Waals surface area contributed by atoms with E-state index in [2.05, 4.69) is 15.3 Å². The third kappa shape index (κ3) is 2.85. The van der Waals surface area contributed by atoms with Gasteiger partial charge in [0.15, 0.2) is 0 Å². The molecule has 3 rings (SSSR count). The fraction of sp³-hybridized carbons (Fsp3) is 0.167. The maximum absolute atomic E-state index is 12.7. The van der Waals surface area contributed by atoms with Gasteiger partial charge in [-0.1, -0.05) is 23.8 Å². The van der Waals surface area contributed by atoms with E-state index in [-0.39, 0.29) is 5.56 Å². The van der Waals surface area contributed by atoms with Crippen molar-refractivity contribution in [1.82, 2.24) is 9.38 Å². The van der Waals surface area contributed by atoms with Crippen LogP contribution in [0.1, 0.15) is 16.7 Å². The molecule has 5 nitrogen and oxygen atoms in total. The van der Waals surface area contributed by atoms with E-state index in [1.54, 1.807) is 23.9 Å². The molecule has 1 aromatic carbocycles. The number of rotatable bonds is 3. The van der Waals surface area contributed by atoms with Gasteiger partial charge in [0.2, 0.25) is 0 Å². The van der Waals surface area contributed by atoms with Gasteiger partial charge in [0.25, 0.3) is 5.56 Å². The zero-order chi connectivity index (χ0) is 16.4. The largest absolute Gasteiger partial charge is 0.372 e. The summed E-state index contributed by atoms with van der Waals surface area (Å²) in [5.74, 6) is 0.528. The predicted octanol–water partition coefficient (Wildman–Crippen LogP) is 3.10. The summed E-state index contributed by atoms with van der Waals surface area (Å²) < 4.78 is 1.55. The molecule has 0 spiro atoms. The number of pyridine rings is 1. The normalized spacial score (nSPS) is 11.3. The molecule has 2 aromatic heterocycles. The second kappa shape index (κ2) is 6.04. The Labute approximate surface area is 134 Å². The third-order valence-corrected chi connectivity index (χ3v) is 3.70. The summed E-state index contributed by atoms with van der Waals surface area (Å²) in [6.07, 6.45) is 3.29. The minimum absolute atomic E-state index is 0.140. The second-order valence-corrected chi connectivity index (χ2v) is 5.41. The van der Waals surface area contributed by atoms with E-state index in [4.69, 9.17) is 0 Å². The first kappa shape index (κ1) is 15.0. The van der Waals surface area contributed by atoms with E-state index >= 15 is 0 Å². The van der Waals surface area contributed by atoms with Gasteiger partial charge in [-0.25, -0.2) is 4.98 Å². The number of aryl methyl sites for hydroxylation is 2. The summed E-state index contributed by atoms with van der Waals surface area (Å²) in [6.45, 7) is 3.95. The zero-order valence-corrected chi connectivity index (χ0v) is 13.4. The van der Waals surface area contributed by atoms with Crippen molar-refractivity contribution in [2.75, 3.05) is 12.4 Å². The highest BCUT2D eigenvalue weighted by Crippen LogP contribution is 2.15. The lowest BCUT2D eigenvalue weighted by atomic mass is 10.2. The van der Waals surface area contributed by atoms with Gasteiger partial charge in [-0.05, 0) is 37.6 Å². The van der Waals surface area contributed by atoms with E-state index in [0.717, 1.165) is 11.3 Å². The van der Waals surface area contributed by atoms with Crippen LogP contribution in [0.15, 0.2) is 52.4 Å². The van der Waals surface area contributed by atoms with Gasteiger partial charge < -0.3 is 5.32 Å². The molecule has 3 aromatic rings. The van der Waals surface area contributed by atoms with Gasteiger partial charge in [0.05, 0.1) is 5.69 Å². The van der Waals surface area contributed by atoms with E-state index in [0.29, 0.717) is 17.0 Å². The van der Waals surface area contributed by atoms with Crippen LogP contribution in [0.2, 0.25) is 0 Å². The molecule has 0 aliphatic rings. The smallest absolute Gasteiger partial charge is 0.268 e. The summed E-state index contributed by atoms with van der Waals surface area (Å²) in [5.41, 5.74) is 3.86. The van der Waals surface area contributed by atoms with E-state index in [9.17, 15) is 4.79 Å². The molecule has 2 heterocycles. The number of hydrogen-bond donors (Lipinski definition) is 1. The summed E-state index contributed by atoms with van der Waals surface area (Å²) in [7, 11) is 1.75. The van der Waals surface area contributed by atoms with Crippen LogP contribution in [0.4, 0.5) is 11.5 Å². The molecule has 23 heavy (non-hydrogen) atoms. The summed E-state index contributed by atoms with van der Waals surface area (Å²) in [5, 5.41) is 2.99. The van der Waals surface area contributed by atoms with Crippen LogP contribution >= 0.6 is 0 Å². The number of aliphatic imine (C=N–C) groups is 1. The molecule has 0 aliphatic heterocycles.